The number of aliphatic hydroxyl groups excluding tert-OH is 1. The molecule has 0 unspecified atom stereocenters. The molecule has 89 heavy (non-hydrogen) atoms. The Labute approximate surface area is 511 Å². The number of carbonyl (C=O) groups is 11. The molecule has 5 heterocycles. The van der Waals surface area contributed by atoms with E-state index in [0.29, 0.717) is 54.6 Å². The fraction of sp³-hybridized carbons (Fsp3) is 0.410. The number of nitrogens with one attached hydrogen (secondary N) is 12. The minimum Gasteiger partial charge on any atom is -0.394 e. The van der Waals surface area contributed by atoms with Crippen molar-refractivity contribution in [3.05, 3.63) is 126 Å². The van der Waals surface area contributed by atoms with Crippen LogP contribution in [0, 0.1) is 0 Å². The van der Waals surface area contributed by atoms with Crippen molar-refractivity contribution in [1.29, 1.82) is 0 Å². The third kappa shape index (κ3) is 17.6. The number of primary amides is 1. The monoisotopic (exact) mass is 1220 g/mol. The van der Waals surface area contributed by atoms with Crippen LogP contribution in [0.5, 0.6) is 0 Å². The molecule has 28 heteroatoms. The fourth-order valence-corrected chi connectivity index (χ4v) is 10.9. The minimum absolute atomic E-state index is 0.00625. The van der Waals surface area contributed by atoms with E-state index >= 15 is 0 Å². The summed E-state index contributed by atoms with van der Waals surface area (Å²) in [5.41, 5.74) is 14.8. The van der Waals surface area contributed by atoms with Crippen molar-refractivity contribution < 1.29 is 57.8 Å². The van der Waals surface area contributed by atoms with Crippen LogP contribution in [0.1, 0.15) is 74.3 Å². The van der Waals surface area contributed by atoms with Crippen molar-refractivity contribution in [2.75, 3.05) is 26.2 Å². The topological polar surface area (TPSA) is 432 Å². The maximum Gasteiger partial charge on any atom is 0.245 e. The number of para-hydroxylation sites is 2. The van der Waals surface area contributed by atoms with Crippen molar-refractivity contribution in [2.45, 2.75) is 132 Å². The van der Waals surface area contributed by atoms with Gasteiger partial charge in [0.1, 0.15) is 54.4 Å². The first kappa shape index (κ1) is 65.0. The molecule has 9 atom stereocenters. The Morgan fingerprint density at radius 3 is 1.75 bits per heavy atom. The Balaban J connectivity index is 0.983. The zero-order valence-electron chi connectivity index (χ0n) is 49.1. The van der Waals surface area contributed by atoms with Crippen molar-refractivity contribution in [1.82, 2.24) is 72.7 Å². The summed E-state index contributed by atoms with van der Waals surface area (Å²) in [6.07, 6.45) is 7.74. The molecular weight excluding hydrogens is 1150 g/mol. The van der Waals surface area contributed by atoms with E-state index < -0.39 is 127 Å². The summed E-state index contributed by atoms with van der Waals surface area (Å²) in [4.78, 5) is 166. The second kappa shape index (κ2) is 31.1. The highest BCUT2D eigenvalue weighted by molar-refractivity contribution is 6.00. The van der Waals surface area contributed by atoms with Gasteiger partial charge in [0.2, 0.25) is 65.0 Å². The summed E-state index contributed by atoms with van der Waals surface area (Å²) in [5, 5.41) is 36.0. The zero-order chi connectivity index (χ0) is 63.6. The van der Waals surface area contributed by atoms with Crippen LogP contribution in [0.25, 0.3) is 21.8 Å². The van der Waals surface area contributed by atoms with Gasteiger partial charge in [-0.15, -0.1) is 0 Å². The largest absolute Gasteiger partial charge is 0.394 e. The molecule has 472 valence electrons. The molecule has 0 saturated carbocycles. The molecule has 0 radical (unpaired) electrons. The number of aromatic amines is 3. The van der Waals surface area contributed by atoms with Gasteiger partial charge in [0.25, 0.3) is 0 Å². The molecule has 17 N–H and O–H groups in total. The molecule has 2 aliphatic rings. The van der Waals surface area contributed by atoms with E-state index in [0.717, 1.165) is 21.8 Å². The van der Waals surface area contributed by atoms with Gasteiger partial charge in [-0.05, 0) is 80.8 Å². The third-order valence-electron chi connectivity index (χ3n) is 15.7. The van der Waals surface area contributed by atoms with E-state index in [1.165, 1.54) is 24.3 Å². The van der Waals surface area contributed by atoms with Gasteiger partial charge in [0.05, 0.1) is 19.5 Å². The summed E-state index contributed by atoms with van der Waals surface area (Å²) in [6.45, 7) is 0.411. The predicted octanol–water partition coefficient (Wildman–Crippen LogP) is -1.95. The summed E-state index contributed by atoms with van der Waals surface area (Å²) >= 11 is 0. The first-order chi connectivity index (χ1) is 42.9. The van der Waals surface area contributed by atoms with Crippen molar-refractivity contribution in [3.63, 3.8) is 0 Å². The molecule has 0 spiro atoms. The summed E-state index contributed by atoms with van der Waals surface area (Å²) < 4.78 is 0. The van der Waals surface area contributed by atoms with Crippen LogP contribution in [-0.2, 0) is 78.4 Å². The van der Waals surface area contributed by atoms with Gasteiger partial charge in [-0.3, -0.25) is 52.7 Å². The second-order valence-electron chi connectivity index (χ2n) is 22.2. The number of aliphatic hydroxyl groups is 1. The summed E-state index contributed by atoms with van der Waals surface area (Å²) in [6, 6.07) is 11.6. The third-order valence-corrected chi connectivity index (χ3v) is 15.7. The molecule has 3 aromatic heterocycles. The van der Waals surface area contributed by atoms with Gasteiger partial charge in [0, 0.05) is 84.7 Å². The van der Waals surface area contributed by atoms with Crippen LogP contribution in [0.4, 0.5) is 0 Å². The van der Waals surface area contributed by atoms with Crippen LogP contribution in [0.3, 0.4) is 0 Å². The van der Waals surface area contributed by atoms with Crippen molar-refractivity contribution >= 4 is 86.8 Å². The number of rotatable bonds is 31. The maximum absolute atomic E-state index is 14.6. The number of imidazole rings is 1. The lowest BCUT2D eigenvalue weighted by atomic mass is 10.0. The van der Waals surface area contributed by atoms with Crippen LogP contribution in [0.2, 0.25) is 0 Å². The Morgan fingerprint density at radius 2 is 1.18 bits per heavy atom. The lowest BCUT2D eigenvalue weighted by molar-refractivity contribution is -0.142. The lowest BCUT2D eigenvalue weighted by Crippen LogP contribution is -2.61. The molecule has 2 aliphatic heterocycles. The molecule has 8 rings (SSSR count). The van der Waals surface area contributed by atoms with Gasteiger partial charge < -0.3 is 84.3 Å². The van der Waals surface area contributed by atoms with Crippen LogP contribution in [0.15, 0.2) is 104 Å². The Kier molecular flexibility index (Phi) is 22.7. The second-order valence-corrected chi connectivity index (χ2v) is 22.2. The Morgan fingerprint density at radius 1 is 0.629 bits per heavy atom. The molecule has 2 saturated heterocycles. The number of nitrogens with two attached hydrogens (primary N) is 2. The van der Waals surface area contributed by atoms with Gasteiger partial charge in [-0.25, -0.2) is 4.98 Å². The van der Waals surface area contributed by atoms with Crippen molar-refractivity contribution in [2.24, 2.45) is 11.5 Å². The van der Waals surface area contributed by atoms with E-state index in [1.807, 2.05) is 36.4 Å². The lowest BCUT2D eigenvalue weighted by Gasteiger charge is -2.30. The van der Waals surface area contributed by atoms with Crippen LogP contribution >= 0.6 is 0 Å². The highest BCUT2D eigenvalue weighted by Gasteiger charge is 2.40. The predicted molar refractivity (Wildman–Crippen MR) is 324 cm³/mol. The summed E-state index contributed by atoms with van der Waals surface area (Å²) in [7, 11) is 0. The Hall–Kier alpha value is -9.96. The average Bonchev–Trinajstić information content (AvgIpc) is 3.51. The Bertz CT molecular complexity index is 3500. The number of carbonyl (C=O) groups excluding carboxylic acids is 11. The van der Waals surface area contributed by atoms with E-state index in [1.54, 1.807) is 54.9 Å². The number of fused-ring (bicyclic) bond motifs is 2. The first-order valence-electron chi connectivity index (χ1n) is 29.6. The molecule has 6 aromatic rings. The molecule has 3 aromatic carbocycles. The van der Waals surface area contributed by atoms with Gasteiger partial charge in [0.15, 0.2) is 0 Å². The minimum atomic E-state index is -1.74. The standard InChI is InChI=1S/C61H76N16O12/c1-34(53(81)72-46(25-36-28-65-41-16-7-5-14-39(36)41)57(85)71-44(18-9-10-22-62)61(89)77-23-11-19-50(77)60(88)67-31-51(63)79)69-55(83)48(27-38-30-64-33-68-38)75-59(87)49(32-78)76-58(86)47(26-37-29-66-42-17-8-6-15-40(37)42)74-56(84)45(24-35-12-3-2-4-13-35)73-54(82)43-20-21-52(80)70-43/h2-8,12-17,28-30,33-34,43-50,65-66,78H,9-11,18-27,31-32,62H2,1H3,(H2,63,79)(H,64,68)(H,67,88)(H,69,83)(H,70,80)(H,71,85)(H,72,81)(H,73,82)(H,74,84)(H,75,87)(H,76,86)/t34-,43+,44+,45-,46+,47+,48+,49+,50+/m1/s1. The number of aromatic nitrogens is 4. The molecule has 0 aliphatic carbocycles. The number of amides is 11. The molecule has 11 amide bonds. The van der Waals surface area contributed by atoms with Crippen LogP contribution in [-0.4, -0.2) is 176 Å². The number of hydrogen-bond donors (Lipinski definition) is 15. The normalized spacial score (nSPS) is 17.0. The average molecular weight is 1230 g/mol. The van der Waals surface area contributed by atoms with E-state index in [4.69, 9.17) is 11.5 Å². The van der Waals surface area contributed by atoms with Crippen molar-refractivity contribution in [3.8, 4) is 0 Å². The molecule has 0 bridgehead atoms. The molecular formula is C61H76N16O12. The smallest absolute Gasteiger partial charge is 0.245 e. The first-order valence-corrected chi connectivity index (χ1v) is 29.6. The number of benzene rings is 3. The van der Waals surface area contributed by atoms with Gasteiger partial charge >= 0.3 is 0 Å². The maximum atomic E-state index is 14.6. The zero-order valence-corrected chi connectivity index (χ0v) is 49.1. The van der Waals surface area contributed by atoms with Crippen LogP contribution < -0.4 is 59.3 Å². The number of unbranched alkanes of at least 4 members (excludes halogenated alkanes) is 1. The fourth-order valence-electron chi connectivity index (χ4n) is 10.9. The quantitative estimate of drug-likeness (QED) is 0.0211. The number of H-pyrrole nitrogens is 3. The van der Waals surface area contributed by atoms with E-state index in [2.05, 4.69) is 67.8 Å². The van der Waals surface area contributed by atoms with E-state index in [9.17, 15) is 57.8 Å². The summed E-state index contributed by atoms with van der Waals surface area (Å²) in [5.74, 6) is -8.07. The van der Waals surface area contributed by atoms with Gasteiger partial charge in [-0.2, -0.15) is 0 Å². The molecule has 2 fully saturated rings. The van der Waals surface area contributed by atoms with Gasteiger partial charge in [-0.1, -0.05) is 66.7 Å². The highest BCUT2D eigenvalue weighted by atomic mass is 16.3. The highest BCUT2D eigenvalue weighted by Crippen LogP contribution is 2.23. The number of hydrogen-bond acceptors (Lipinski definition) is 14. The number of nitrogens with zero attached hydrogens (tertiary/aromatic N) is 2. The number of likely N-dealkylation sites (tertiary alicyclic amines) is 1. The van der Waals surface area contributed by atoms with E-state index in [-0.39, 0.29) is 57.4 Å². The molecule has 28 nitrogen and oxygen atoms in total. The SMILES string of the molecule is C[C@@H](NC(=O)[C@H](Cc1cnc[nH]1)NC(=O)[C@H](CO)NC(=O)[C@H](Cc1c[nH]c2ccccc12)NC(=O)[C@@H](Cc1ccccc1)NC(=O)[C@@H]1CCC(=O)N1)C(=O)N[C@@H](Cc1c[nH]c2ccccc12)C(=O)N[C@@H](CCCCN)C(=O)N1CCC[C@H]1C(=O)NCC(N)=O.